The van der Waals surface area contributed by atoms with Gasteiger partial charge in [0.2, 0.25) is 0 Å². The number of carbonyl (C=O) groups excluding carboxylic acids is 1. The number of urea groups is 1. The molecule has 1 heterocycles. The van der Waals surface area contributed by atoms with Crippen LogP contribution in [0, 0.1) is 0 Å². The average Bonchev–Trinajstić information content (AvgIpc) is 2.84. The SMILES string of the molecule is O=C(Nc1ccsc1)Nc1ccc(O)c(C(=O)O)c1. The van der Waals surface area contributed by atoms with Crippen molar-refractivity contribution in [3.8, 4) is 5.75 Å². The maximum Gasteiger partial charge on any atom is 0.339 e. The Hall–Kier alpha value is -2.54. The van der Waals surface area contributed by atoms with Gasteiger partial charge in [-0.2, -0.15) is 11.3 Å². The summed E-state index contributed by atoms with van der Waals surface area (Å²) in [5.74, 6) is -1.62. The van der Waals surface area contributed by atoms with E-state index in [4.69, 9.17) is 5.11 Å². The summed E-state index contributed by atoms with van der Waals surface area (Å²) in [5.41, 5.74) is 0.663. The molecule has 0 aliphatic rings. The van der Waals surface area contributed by atoms with E-state index in [0.29, 0.717) is 5.69 Å². The van der Waals surface area contributed by atoms with Crippen LogP contribution >= 0.6 is 11.3 Å². The predicted octanol–water partition coefficient (Wildman–Crippen LogP) is 2.80. The van der Waals surface area contributed by atoms with Gasteiger partial charge >= 0.3 is 12.0 Å². The molecule has 0 unspecified atom stereocenters. The van der Waals surface area contributed by atoms with E-state index in [2.05, 4.69) is 10.6 Å². The second kappa shape index (κ2) is 5.40. The van der Waals surface area contributed by atoms with Crippen LogP contribution in [-0.2, 0) is 0 Å². The number of benzene rings is 1. The van der Waals surface area contributed by atoms with Crippen molar-refractivity contribution >= 4 is 34.7 Å². The number of nitrogens with one attached hydrogen (secondary N) is 2. The minimum Gasteiger partial charge on any atom is -0.507 e. The number of anilines is 2. The molecular formula is C12H10N2O4S. The maximum absolute atomic E-state index is 11.6. The fourth-order valence-electron chi connectivity index (χ4n) is 1.41. The molecule has 19 heavy (non-hydrogen) atoms. The summed E-state index contributed by atoms with van der Waals surface area (Å²) in [7, 11) is 0. The Labute approximate surface area is 112 Å². The van der Waals surface area contributed by atoms with Gasteiger partial charge in [-0.05, 0) is 29.6 Å². The number of hydrogen-bond acceptors (Lipinski definition) is 4. The van der Waals surface area contributed by atoms with Crippen molar-refractivity contribution in [2.75, 3.05) is 10.6 Å². The van der Waals surface area contributed by atoms with Crippen LogP contribution in [0.1, 0.15) is 10.4 Å². The third-order valence-electron chi connectivity index (χ3n) is 2.26. The maximum atomic E-state index is 11.6. The lowest BCUT2D eigenvalue weighted by Gasteiger charge is -2.07. The summed E-state index contributed by atoms with van der Waals surface area (Å²) >= 11 is 1.44. The lowest BCUT2D eigenvalue weighted by atomic mass is 10.2. The molecule has 0 radical (unpaired) electrons. The zero-order chi connectivity index (χ0) is 13.8. The summed E-state index contributed by atoms with van der Waals surface area (Å²) in [6.07, 6.45) is 0. The van der Waals surface area contributed by atoms with Crippen LogP contribution in [0.25, 0.3) is 0 Å². The van der Waals surface area contributed by atoms with Crippen molar-refractivity contribution in [2.45, 2.75) is 0 Å². The normalized spacial score (nSPS) is 9.89. The molecule has 0 spiro atoms. The van der Waals surface area contributed by atoms with Crippen molar-refractivity contribution in [3.05, 3.63) is 40.6 Å². The molecular weight excluding hydrogens is 268 g/mol. The highest BCUT2D eigenvalue weighted by Gasteiger charge is 2.11. The second-order valence-electron chi connectivity index (χ2n) is 3.63. The predicted molar refractivity (Wildman–Crippen MR) is 72.0 cm³/mol. The Kier molecular flexibility index (Phi) is 3.67. The Morgan fingerprint density at radius 3 is 2.47 bits per heavy atom. The van der Waals surface area contributed by atoms with Crippen LogP contribution in [0.15, 0.2) is 35.0 Å². The molecule has 0 atom stereocenters. The lowest BCUT2D eigenvalue weighted by Crippen LogP contribution is -2.19. The van der Waals surface area contributed by atoms with Gasteiger partial charge in [0.1, 0.15) is 11.3 Å². The highest BCUT2D eigenvalue weighted by molar-refractivity contribution is 7.08. The van der Waals surface area contributed by atoms with E-state index < -0.39 is 12.0 Å². The summed E-state index contributed by atoms with van der Waals surface area (Å²) in [5, 5.41) is 26.8. The third-order valence-corrected chi connectivity index (χ3v) is 2.95. The topological polar surface area (TPSA) is 98.7 Å². The minimum absolute atomic E-state index is 0.270. The van der Waals surface area contributed by atoms with Crippen molar-refractivity contribution in [1.29, 1.82) is 0 Å². The lowest BCUT2D eigenvalue weighted by molar-refractivity contribution is 0.0693. The van der Waals surface area contributed by atoms with Gasteiger partial charge in [0.15, 0.2) is 0 Å². The molecule has 0 bridgehead atoms. The molecule has 2 rings (SSSR count). The van der Waals surface area contributed by atoms with E-state index in [0.717, 1.165) is 0 Å². The molecule has 7 heteroatoms. The molecule has 2 aromatic rings. The molecule has 1 aromatic carbocycles. The zero-order valence-electron chi connectivity index (χ0n) is 9.58. The molecule has 1 aromatic heterocycles. The van der Waals surface area contributed by atoms with E-state index in [1.54, 1.807) is 11.4 Å². The first kappa shape index (κ1) is 12.9. The van der Waals surface area contributed by atoms with Crippen molar-refractivity contribution in [1.82, 2.24) is 0 Å². The van der Waals surface area contributed by atoms with Gasteiger partial charge < -0.3 is 20.8 Å². The van der Waals surface area contributed by atoms with Crippen LogP contribution in [0.3, 0.4) is 0 Å². The van der Waals surface area contributed by atoms with Crippen LogP contribution in [0.5, 0.6) is 5.75 Å². The van der Waals surface area contributed by atoms with Gasteiger partial charge in [-0.1, -0.05) is 0 Å². The Morgan fingerprint density at radius 1 is 1.11 bits per heavy atom. The van der Waals surface area contributed by atoms with Crippen LogP contribution in [0.2, 0.25) is 0 Å². The highest BCUT2D eigenvalue weighted by Crippen LogP contribution is 2.21. The first-order valence-electron chi connectivity index (χ1n) is 5.23. The summed E-state index contributed by atoms with van der Waals surface area (Å²) in [4.78, 5) is 22.4. The fourth-order valence-corrected chi connectivity index (χ4v) is 2.00. The summed E-state index contributed by atoms with van der Waals surface area (Å²) in [6.45, 7) is 0. The number of hydrogen-bond donors (Lipinski definition) is 4. The van der Waals surface area contributed by atoms with Crippen LogP contribution in [-0.4, -0.2) is 22.2 Å². The number of amides is 2. The minimum atomic E-state index is -1.26. The monoisotopic (exact) mass is 278 g/mol. The average molecular weight is 278 g/mol. The Morgan fingerprint density at radius 2 is 1.84 bits per heavy atom. The Balaban J connectivity index is 2.09. The van der Waals surface area contributed by atoms with E-state index in [1.807, 2.05) is 5.38 Å². The van der Waals surface area contributed by atoms with E-state index >= 15 is 0 Å². The van der Waals surface area contributed by atoms with Gasteiger partial charge in [0.25, 0.3) is 0 Å². The standard InChI is InChI=1S/C12H10N2O4S/c15-10-2-1-7(5-9(10)11(16)17)13-12(18)14-8-3-4-19-6-8/h1-6,15H,(H,16,17)(H2,13,14,18). The largest absolute Gasteiger partial charge is 0.507 e. The molecule has 4 N–H and O–H groups in total. The number of aromatic hydroxyl groups is 1. The summed E-state index contributed by atoms with van der Waals surface area (Å²) < 4.78 is 0. The van der Waals surface area contributed by atoms with Crippen LogP contribution < -0.4 is 10.6 Å². The van der Waals surface area contributed by atoms with E-state index in [-0.39, 0.29) is 17.0 Å². The molecule has 98 valence electrons. The Bertz CT molecular complexity index is 610. The molecule has 0 aliphatic heterocycles. The van der Waals surface area contributed by atoms with E-state index in [1.165, 1.54) is 29.5 Å². The number of carboxylic acid groups (broad SMARTS) is 1. The van der Waals surface area contributed by atoms with Gasteiger partial charge in [-0.25, -0.2) is 9.59 Å². The fraction of sp³-hybridized carbons (Fsp3) is 0. The number of phenols is 1. The molecule has 2 amide bonds. The van der Waals surface area contributed by atoms with Crippen LogP contribution in [0.4, 0.5) is 16.2 Å². The molecule has 0 saturated heterocycles. The number of thiophene rings is 1. The molecule has 6 nitrogen and oxygen atoms in total. The zero-order valence-corrected chi connectivity index (χ0v) is 10.4. The van der Waals surface area contributed by atoms with Crippen molar-refractivity contribution in [3.63, 3.8) is 0 Å². The molecule has 0 saturated carbocycles. The van der Waals surface area contributed by atoms with Gasteiger partial charge in [0.05, 0.1) is 5.69 Å². The first-order chi connectivity index (χ1) is 9.06. The quantitative estimate of drug-likeness (QED) is 0.649. The first-order valence-corrected chi connectivity index (χ1v) is 6.17. The smallest absolute Gasteiger partial charge is 0.339 e. The van der Waals surface area contributed by atoms with E-state index in [9.17, 15) is 14.7 Å². The number of carboxylic acids is 1. The van der Waals surface area contributed by atoms with Gasteiger partial charge in [-0.15, -0.1) is 0 Å². The molecule has 0 aliphatic carbocycles. The number of aromatic carboxylic acids is 1. The third kappa shape index (κ3) is 3.23. The second-order valence-corrected chi connectivity index (χ2v) is 4.41. The molecule has 0 fully saturated rings. The van der Waals surface area contributed by atoms with Crippen molar-refractivity contribution < 1.29 is 19.8 Å². The number of rotatable bonds is 3. The highest BCUT2D eigenvalue weighted by atomic mass is 32.1. The van der Waals surface area contributed by atoms with Gasteiger partial charge in [0, 0.05) is 11.1 Å². The van der Waals surface area contributed by atoms with Crippen molar-refractivity contribution in [2.24, 2.45) is 0 Å². The summed E-state index contributed by atoms with van der Waals surface area (Å²) in [6, 6.07) is 5.06. The number of carbonyl (C=O) groups is 2. The van der Waals surface area contributed by atoms with Gasteiger partial charge in [-0.3, -0.25) is 0 Å².